The molecule has 98 valence electrons. The van der Waals surface area contributed by atoms with Crippen LogP contribution < -0.4 is 4.74 Å². The lowest BCUT2D eigenvalue weighted by molar-refractivity contribution is 0.0990. The molecule has 0 heterocycles. The number of para-hydroxylation sites is 1. The molecule has 19 heavy (non-hydrogen) atoms. The summed E-state index contributed by atoms with van der Waals surface area (Å²) in [6.07, 6.45) is 0.243. The summed E-state index contributed by atoms with van der Waals surface area (Å²) in [6, 6.07) is 11.6. The van der Waals surface area contributed by atoms with E-state index in [1.807, 2.05) is 6.07 Å². The van der Waals surface area contributed by atoms with Gasteiger partial charge < -0.3 is 4.74 Å². The maximum Gasteiger partial charge on any atom is 0.170 e. The molecule has 0 aliphatic heterocycles. The van der Waals surface area contributed by atoms with Crippen LogP contribution in [-0.4, -0.2) is 12.9 Å². The van der Waals surface area contributed by atoms with Gasteiger partial charge in [-0.1, -0.05) is 18.2 Å². The summed E-state index contributed by atoms with van der Waals surface area (Å²) in [5, 5.41) is 0. The average Bonchev–Trinajstić information content (AvgIpc) is 2.41. The van der Waals surface area contributed by atoms with Crippen molar-refractivity contribution in [3.05, 3.63) is 65.0 Å². The molecule has 2 nitrogen and oxygen atoms in total. The predicted molar refractivity (Wildman–Crippen MR) is 72.2 cm³/mol. The maximum absolute atomic E-state index is 13.0. The van der Waals surface area contributed by atoms with Crippen LogP contribution in [0.1, 0.15) is 21.5 Å². The molecule has 0 saturated carbocycles. The minimum absolute atomic E-state index is 0.0350. The zero-order valence-corrected chi connectivity index (χ0v) is 10.9. The number of hydrogen-bond acceptors (Lipinski definition) is 2. The van der Waals surface area contributed by atoms with Crippen LogP contribution >= 0.6 is 0 Å². The van der Waals surface area contributed by atoms with Gasteiger partial charge in [0.25, 0.3) is 0 Å². The number of benzene rings is 2. The minimum atomic E-state index is -0.286. The SMILES string of the molecule is COc1ccccc1C(=O)Cc1ccc(F)cc1C. The summed E-state index contributed by atoms with van der Waals surface area (Å²) in [6.45, 7) is 1.80. The minimum Gasteiger partial charge on any atom is -0.496 e. The molecule has 0 unspecified atom stereocenters. The number of halogens is 1. The third-order valence-electron chi connectivity index (χ3n) is 3.06. The van der Waals surface area contributed by atoms with Crippen molar-refractivity contribution in [2.75, 3.05) is 7.11 Å². The van der Waals surface area contributed by atoms with Crippen LogP contribution in [0.5, 0.6) is 5.75 Å². The van der Waals surface area contributed by atoms with E-state index in [2.05, 4.69) is 0 Å². The zero-order valence-electron chi connectivity index (χ0n) is 10.9. The van der Waals surface area contributed by atoms with Gasteiger partial charge in [-0.25, -0.2) is 4.39 Å². The Morgan fingerprint density at radius 2 is 1.95 bits per heavy atom. The fourth-order valence-electron chi connectivity index (χ4n) is 2.00. The molecule has 2 aromatic carbocycles. The second-order valence-corrected chi connectivity index (χ2v) is 4.37. The maximum atomic E-state index is 13.0. The molecule has 2 rings (SSSR count). The van der Waals surface area contributed by atoms with Gasteiger partial charge in [0.15, 0.2) is 5.78 Å². The van der Waals surface area contributed by atoms with E-state index in [0.717, 1.165) is 11.1 Å². The number of ketones is 1. The Morgan fingerprint density at radius 1 is 1.21 bits per heavy atom. The first-order valence-corrected chi connectivity index (χ1v) is 6.03. The summed E-state index contributed by atoms with van der Waals surface area (Å²) < 4.78 is 18.2. The third-order valence-corrected chi connectivity index (χ3v) is 3.06. The lowest BCUT2D eigenvalue weighted by Gasteiger charge is -2.08. The number of ether oxygens (including phenoxy) is 1. The van der Waals surface area contributed by atoms with Crippen molar-refractivity contribution in [3.63, 3.8) is 0 Å². The number of methoxy groups -OCH3 is 1. The van der Waals surface area contributed by atoms with E-state index in [1.54, 1.807) is 31.2 Å². The molecule has 0 saturated heterocycles. The molecule has 0 atom stereocenters. The van der Waals surface area contributed by atoms with Crippen LogP contribution in [-0.2, 0) is 6.42 Å². The van der Waals surface area contributed by atoms with Gasteiger partial charge in [-0.3, -0.25) is 4.79 Å². The first-order valence-electron chi connectivity index (χ1n) is 6.03. The van der Waals surface area contributed by atoms with Crippen LogP contribution in [0.2, 0.25) is 0 Å². The summed E-state index contributed by atoms with van der Waals surface area (Å²) in [4.78, 5) is 12.3. The fraction of sp³-hybridized carbons (Fsp3) is 0.188. The van der Waals surface area contributed by atoms with Gasteiger partial charge >= 0.3 is 0 Å². The van der Waals surface area contributed by atoms with E-state index in [1.165, 1.54) is 19.2 Å². The number of carbonyl (C=O) groups is 1. The summed E-state index contributed by atoms with van der Waals surface area (Å²) in [7, 11) is 1.54. The van der Waals surface area contributed by atoms with Crippen molar-refractivity contribution in [1.82, 2.24) is 0 Å². The second kappa shape index (κ2) is 5.65. The summed E-state index contributed by atoms with van der Waals surface area (Å²) >= 11 is 0. The van der Waals surface area contributed by atoms with Crippen LogP contribution in [0.25, 0.3) is 0 Å². The molecule has 0 spiro atoms. The highest BCUT2D eigenvalue weighted by atomic mass is 19.1. The Kier molecular flexibility index (Phi) is 3.95. The quantitative estimate of drug-likeness (QED) is 0.784. The zero-order chi connectivity index (χ0) is 13.8. The predicted octanol–water partition coefficient (Wildman–Crippen LogP) is 3.57. The molecule has 0 aliphatic rings. The van der Waals surface area contributed by atoms with Gasteiger partial charge in [0.05, 0.1) is 12.7 Å². The Balaban J connectivity index is 2.26. The highest BCUT2D eigenvalue weighted by molar-refractivity contribution is 6.00. The number of Topliss-reactive ketones (excluding diaryl/α,β-unsaturated/α-hetero) is 1. The molecule has 0 amide bonds. The molecule has 0 aromatic heterocycles. The monoisotopic (exact) mass is 258 g/mol. The highest BCUT2D eigenvalue weighted by Gasteiger charge is 2.13. The van der Waals surface area contributed by atoms with E-state index in [4.69, 9.17) is 4.74 Å². The van der Waals surface area contributed by atoms with Crippen molar-refractivity contribution in [2.45, 2.75) is 13.3 Å². The second-order valence-electron chi connectivity index (χ2n) is 4.37. The summed E-state index contributed by atoms with van der Waals surface area (Å²) in [5.41, 5.74) is 2.16. The van der Waals surface area contributed by atoms with Gasteiger partial charge in [-0.15, -0.1) is 0 Å². The molecule has 0 N–H and O–H groups in total. The van der Waals surface area contributed by atoms with Crippen LogP contribution in [0, 0.1) is 12.7 Å². The molecular formula is C16H15FO2. The molecule has 0 aliphatic carbocycles. The van der Waals surface area contributed by atoms with Gasteiger partial charge in [0.2, 0.25) is 0 Å². The van der Waals surface area contributed by atoms with E-state index >= 15 is 0 Å². The summed E-state index contributed by atoms with van der Waals surface area (Å²) in [5.74, 6) is 0.241. The van der Waals surface area contributed by atoms with E-state index in [0.29, 0.717) is 11.3 Å². The van der Waals surface area contributed by atoms with Crippen molar-refractivity contribution < 1.29 is 13.9 Å². The van der Waals surface area contributed by atoms with Crippen molar-refractivity contribution in [2.24, 2.45) is 0 Å². The van der Waals surface area contributed by atoms with Gasteiger partial charge in [-0.05, 0) is 42.3 Å². The number of aryl methyl sites for hydroxylation is 1. The largest absolute Gasteiger partial charge is 0.496 e. The molecule has 0 fully saturated rings. The molecule has 0 bridgehead atoms. The first-order chi connectivity index (χ1) is 9.11. The van der Waals surface area contributed by atoms with E-state index in [-0.39, 0.29) is 18.0 Å². The Hall–Kier alpha value is -2.16. The molecular weight excluding hydrogens is 243 g/mol. The number of carbonyl (C=O) groups excluding carboxylic acids is 1. The Labute approximate surface area is 111 Å². The molecule has 0 radical (unpaired) electrons. The Morgan fingerprint density at radius 3 is 2.63 bits per heavy atom. The first kappa shape index (κ1) is 13.3. The highest BCUT2D eigenvalue weighted by Crippen LogP contribution is 2.20. The van der Waals surface area contributed by atoms with Crippen molar-refractivity contribution in [1.29, 1.82) is 0 Å². The number of hydrogen-bond donors (Lipinski definition) is 0. The van der Waals surface area contributed by atoms with Crippen molar-refractivity contribution in [3.8, 4) is 5.75 Å². The van der Waals surface area contributed by atoms with E-state index in [9.17, 15) is 9.18 Å². The average molecular weight is 258 g/mol. The normalized spacial score (nSPS) is 10.3. The number of rotatable bonds is 4. The van der Waals surface area contributed by atoms with Gasteiger partial charge in [0.1, 0.15) is 11.6 Å². The molecule has 2 aromatic rings. The topological polar surface area (TPSA) is 26.3 Å². The fourth-order valence-corrected chi connectivity index (χ4v) is 2.00. The third kappa shape index (κ3) is 2.99. The smallest absolute Gasteiger partial charge is 0.170 e. The van der Waals surface area contributed by atoms with E-state index < -0.39 is 0 Å². The Bertz CT molecular complexity index is 605. The molecule has 3 heteroatoms. The van der Waals surface area contributed by atoms with Crippen LogP contribution in [0.4, 0.5) is 4.39 Å². The lowest BCUT2D eigenvalue weighted by Crippen LogP contribution is -2.07. The lowest BCUT2D eigenvalue weighted by atomic mass is 9.99. The van der Waals surface area contributed by atoms with Crippen LogP contribution in [0.15, 0.2) is 42.5 Å². The van der Waals surface area contributed by atoms with Crippen molar-refractivity contribution >= 4 is 5.78 Å². The van der Waals surface area contributed by atoms with Gasteiger partial charge in [0, 0.05) is 6.42 Å². The van der Waals surface area contributed by atoms with Gasteiger partial charge in [-0.2, -0.15) is 0 Å². The van der Waals surface area contributed by atoms with Crippen LogP contribution in [0.3, 0.4) is 0 Å². The standard InChI is InChI=1S/C16H15FO2/c1-11-9-13(17)8-7-12(11)10-15(18)14-5-3-4-6-16(14)19-2/h3-9H,10H2,1-2H3.